The van der Waals surface area contributed by atoms with Crippen LogP contribution in [-0.2, 0) is 0 Å². The number of carbonyl (C=O) groups excluding carboxylic acids is 1. The second-order valence-corrected chi connectivity index (χ2v) is 4.66. The van der Waals surface area contributed by atoms with Crippen LogP contribution in [-0.4, -0.2) is 20.9 Å². The Bertz CT molecular complexity index is 864. The third-order valence-electron chi connectivity index (χ3n) is 3.10. The van der Waals surface area contributed by atoms with E-state index in [1.807, 2.05) is 0 Å². The number of nitrogens with one attached hydrogen (secondary N) is 1. The summed E-state index contributed by atoms with van der Waals surface area (Å²) in [4.78, 5) is 24.5. The van der Waals surface area contributed by atoms with Gasteiger partial charge in [0, 0.05) is 20.8 Å². The van der Waals surface area contributed by atoms with Gasteiger partial charge in [0.05, 0.1) is 17.6 Å². The number of anilines is 2. The number of hydrogen-bond donors (Lipinski definition) is 2. The molecule has 7 heteroatoms. The van der Waals surface area contributed by atoms with Gasteiger partial charge in [-0.1, -0.05) is 12.1 Å². The molecule has 0 aliphatic carbocycles. The van der Waals surface area contributed by atoms with Gasteiger partial charge in [0.2, 0.25) is 0 Å². The van der Waals surface area contributed by atoms with Gasteiger partial charge in [-0.2, -0.15) is 0 Å². The first-order valence-corrected chi connectivity index (χ1v) is 6.74. The van der Waals surface area contributed by atoms with Crippen molar-refractivity contribution in [3.63, 3.8) is 0 Å². The van der Waals surface area contributed by atoms with E-state index in [4.69, 9.17) is 5.73 Å². The van der Waals surface area contributed by atoms with Crippen LogP contribution in [0.2, 0.25) is 0 Å². The van der Waals surface area contributed by atoms with E-state index in [1.54, 1.807) is 30.6 Å². The van der Waals surface area contributed by atoms with Gasteiger partial charge in [0.25, 0.3) is 5.91 Å². The predicted molar refractivity (Wildman–Crippen MR) is 88.3 cm³/mol. The first-order valence-electron chi connectivity index (χ1n) is 6.74. The van der Waals surface area contributed by atoms with Crippen LogP contribution < -0.4 is 11.1 Å². The molecular formula is C16H16FN5O. The molecule has 3 rings (SSSR count). The fourth-order valence-electron chi connectivity index (χ4n) is 1.96. The zero-order chi connectivity index (χ0) is 16.2. The maximum absolute atomic E-state index is 13.6. The van der Waals surface area contributed by atoms with Crippen LogP contribution in [0.5, 0.6) is 0 Å². The van der Waals surface area contributed by atoms with E-state index in [-0.39, 0.29) is 20.1 Å². The molecule has 0 spiro atoms. The highest BCUT2D eigenvalue weighted by molar-refractivity contribution is 6.06. The Morgan fingerprint density at radius 1 is 1.17 bits per heavy atom. The van der Waals surface area contributed by atoms with Gasteiger partial charge in [-0.15, -0.1) is 0 Å². The second-order valence-electron chi connectivity index (χ2n) is 4.66. The van der Waals surface area contributed by atoms with Gasteiger partial charge in [0.1, 0.15) is 5.82 Å². The van der Waals surface area contributed by atoms with Gasteiger partial charge in [0.15, 0.2) is 11.5 Å². The topological polar surface area (TPSA) is 93.8 Å². The van der Waals surface area contributed by atoms with E-state index >= 15 is 0 Å². The molecule has 0 bridgehead atoms. The van der Waals surface area contributed by atoms with Crippen molar-refractivity contribution in [3.05, 3.63) is 66.5 Å². The summed E-state index contributed by atoms with van der Waals surface area (Å²) in [6.07, 6.45) is 4.67. The number of hydrogen-bond acceptors (Lipinski definition) is 5. The lowest BCUT2D eigenvalue weighted by molar-refractivity contribution is 0.102. The molecule has 0 radical (unpaired) electrons. The molecule has 6 nitrogen and oxygen atoms in total. The third-order valence-corrected chi connectivity index (χ3v) is 3.10. The zero-order valence-electron chi connectivity index (χ0n) is 11.9. The summed E-state index contributed by atoms with van der Waals surface area (Å²) < 4.78 is 13.6. The minimum Gasteiger partial charge on any atom is -0.382 e. The molecule has 23 heavy (non-hydrogen) atoms. The SMILES string of the molecule is Nc1ncc(-c2cccnc2)nc1C(=O)Nc1ccccc1F.[HH].[HH]. The lowest BCUT2D eigenvalue weighted by Gasteiger charge is -2.08. The molecule has 0 saturated carbocycles. The average Bonchev–Trinajstić information content (AvgIpc) is 2.58. The van der Waals surface area contributed by atoms with Crippen LogP contribution in [0.1, 0.15) is 13.3 Å². The molecule has 0 atom stereocenters. The van der Waals surface area contributed by atoms with Gasteiger partial charge in [-0.3, -0.25) is 9.78 Å². The lowest BCUT2D eigenvalue weighted by Crippen LogP contribution is -2.18. The largest absolute Gasteiger partial charge is 0.382 e. The molecule has 2 heterocycles. The minimum atomic E-state index is -0.633. The van der Waals surface area contributed by atoms with Crippen LogP contribution >= 0.6 is 0 Å². The fourth-order valence-corrected chi connectivity index (χ4v) is 1.96. The van der Waals surface area contributed by atoms with Crippen LogP contribution in [0, 0.1) is 5.82 Å². The summed E-state index contributed by atoms with van der Waals surface area (Å²) in [5.41, 5.74) is 6.83. The number of halogens is 1. The Labute approximate surface area is 134 Å². The van der Waals surface area contributed by atoms with Crippen LogP contribution in [0.4, 0.5) is 15.9 Å². The Kier molecular flexibility index (Phi) is 3.92. The Morgan fingerprint density at radius 2 is 2.00 bits per heavy atom. The Balaban J connectivity index is 0.00000156. The fraction of sp³-hybridized carbons (Fsp3) is 0. The average molecular weight is 313 g/mol. The molecule has 1 amide bonds. The Morgan fingerprint density at radius 3 is 2.74 bits per heavy atom. The van der Waals surface area contributed by atoms with Crippen LogP contribution in [0.25, 0.3) is 11.3 Å². The zero-order valence-corrected chi connectivity index (χ0v) is 11.9. The summed E-state index contributed by atoms with van der Waals surface area (Å²) in [6, 6.07) is 9.36. The molecule has 3 aromatic rings. The number of benzene rings is 1. The Hall–Kier alpha value is -3.35. The van der Waals surface area contributed by atoms with Crippen molar-refractivity contribution in [3.8, 4) is 11.3 Å². The van der Waals surface area contributed by atoms with E-state index in [0.717, 1.165) is 0 Å². The van der Waals surface area contributed by atoms with E-state index in [2.05, 4.69) is 20.3 Å². The summed E-state index contributed by atoms with van der Waals surface area (Å²) >= 11 is 0. The van der Waals surface area contributed by atoms with Crippen molar-refractivity contribution in [1.82, 2.24) is 15.0 Å². The van der Waals surface area contributed by atoms with Gasteiger partial charge < -0.3 is 11.1 Å². The van der Waals surface area contributed by atoms with Crippen molar-refractivity contribution in [2.75, 3.05) is 11.1 Å². The summed E-state index contributed by atoms with van der Waals surface area (Å²) in [5, 5.41) is 2.43. The summed E-state index contributed by atoms with van der Waals surface area (Å²) in [7, 11) is 0. The highest BCUT2D eigenvalue weighted by Crippen LogP contribution is 2.19. The second kappa shape index (κ2) is 6.18. The minimum absolute atomic E-state index is 0. The summed E-state index contributed by atoms with van der Waals surface area (Å²) in [6.45, 7) is 0. The van der Waals surface area contributed by atoms with Gasteiger partial charge >= 0.3 is 0 Å². The number of carbonyl (C=O) groups is 1. The monoisotopic (exact) mass is 313 g/mol. The lowest BCUT2D eigenvalue weighted by atomic mass is 10.2. The number of aromatic nitrogens is 3. The molecule has 0 saturated heterocycles. The van der Waals surface area contributed by atoms with Crippen LogP contribution in [0.15, 0.2) is 55.0 Å². The maximum Gasteiger partial charge on any atom is 0.278 e. The number of nitrogens with two attached hydrogens (primary N) is 1. The highest BCUT2D eigenvalue weighted by atomic mass is 19.1. The molecule has 0 unspecified atom stereocenters. The molecule has 2 aromatic heterocycles. The predicted octanol–water partition coefficient (Wildman–Crippen LogP) is 3.00. The standard InChI is InChI=1S/C16H12FN5O.2H2/c17-11-5-1-2-6-12(11)22-16(23)14-15(18)20-9-13(21-14)10-4-3-7-19-8-10;;/h1-9H,(H2,18,20)(H,22,23);2*1H. The first-order chi connectivity index (χ1) is 11.1. The number of nitrogens with zero attached hydrogens (tertiary/aromatic N) is 3. The quantitative estimate of drug-likeness (QED) is 0.775. The van der Waals surface area contributed by atoms with E-state index in [0.29, 0.717) is 11.3 Å². The number of nitrogen functional groups attached to an aromatic ring is 1. The number of amides is 1. The number of rotatable bonds is 3. The van der Waals surface area contributed by atoms with Crippen LogP contribution in [0.3, 0.4) is 0 Å². The van der Waals surface area contributed by atoms with Crippen molar-refractivity contribution in [2.45, 2.75) is 0 Å². The smallest absolute Gasteiger partial charge is 0.278 e. The normalized spacial score (nSPS) is 10.3. The molecular weight excluding hydrogens is 297 g/mol. The van der Waals surface area contributed by atoms with E-state index in [9.17, 15) is 9.18 Å². The van der Waals surface area contributed by atoms with Crippen molar-refractivity contribution in [2.24, 2.45) is 0 Å². The van der Waals surface area contributed by atoms with Crippen molar-refractivity contribution in [1.29, 1.82) is 0 Å². The van der Waals surface area contributed by atoms with Gasteiger partial charge in [-0.05, 0) is 24.3 Å². The van der Waals surface area contributed by atoms with E-state index in [1.165, 1.54) is 24.4 Å². The third kappa shape index (κ3) is 3.13. The molecule has 0 aliphatic rings. The van der Waals surface area contributed by atoms with Gasteiger partial charge in [-0.25, -0.2) is 14.4 Å². The van der Waals surface area contributed by atoms with Crippen molar-refractivity contribution < 1.29 is 12.0 Å². The molecule has 0 aliphatic heterocycles. The van der Waals surface area contributed by atoms with Crippen molar-refractivity contribution >= 4 is 17.4 Å². The highest BCUT2D eigenvalue weighted by Gasteiger charge is 2.16. The number of para-hydroxylation sites is 1. The molecule has 118 valence electrons. The summed E-state index contributed by atoms with van der Waals surface area (Å²) in [5.74, 6) is -1.21. The first kappa shape index (κ1) is 14.6. The molecule has 1 aromatic carbocycles. The molecule has 3 N–H and O–H groups in total. The maximum atomic E-state index is 13.6. The number of pyridine rings is 1. The molecule has 0 fully saturated rings. The van der Waals surface area contributed by atoms with E-state index < -0.39 is 11.7 Å².